The second-order valence-electron chi connectivity index (χ2n) is 7.80. The molecule has 0 bridgehead atoms. The lowest BCUT2D eigenvalue weighted by Gasteiger charge is -2.30. The first-order chi connectivity index (χ1) is 12.5. The molecular formula is C15H30B3F3O6. The third kappa shape index (κ3) is 11.4. The van der Waals surface area contributed by atoms with Crippen LogP contribution in [0, 0.1) is 17.8 Å². The quantitative estimate of drug-likeness (QED) is 0.464. The maximum absolute atomic E-state index is 13.9. The molecule has 1 heterocycles. The van der Waals surface area contributed by atoms with Crippen LogP contribution in [0.4, 0.5) is 13.2 Å². The van der Waals surface area contributed by atoms with E-state index in [-0.39, 0.29) is 37.0 Å². The van der Waals surface area contributed by atoms with Gasteiger partial charge in [0.1, 0.15) is 0 Å². The molecule has 12 heteroatoms. The van der Waals surface area contributed by atoms with E-state index < -0.39 is 41.0 Å². The monoisotopic (exact) mass is 396 g/mol. The second-order valence-corrected chi connectivity index (χ2v) is 7.80. The van der Waals surface area contributed by atoms with Crippen molar-refractivity contribution in [1.29, 1.82) is 0 Å². The zero-order chi connectivity index (χ0) is 20.6. The largest absolute Gasteiger partial charge is 0.617 e. The standard InChI is InChI=1S/C15H30B3F3O6/c1-10(2)7-13(19)22-16-25-17(23-14(20)8-11(3)4)27-18(26-16)24-15(21)9-12(5)6/h10-15H,7-9H2,1-6H3. The average molecular weight is 396 g/mol. The van der Waals surface area contributed by atoms with Gasteiger partial charge in [0.25, 0.3) is 0 Å². The molecule has 0 N–H and O–H groups in total. The molecule has 156 valence electrons. The topological polar surface area (TPSA) is 55.4 Å². The van der Waals surface area contributed by atoms with Crippen molar-refractivity contribution in [2.24, 2.45) is 17.8 Å². The molecular weight excluding hydrogens is 366 g/mol. The highest BCUT2D eigenvalue weighted by atomic mass is 19.2. The van der Waals surface area contributed by atoms with Gasteiger partial charge in [-0.2, -0.15) is 0 Å². The minimum absolute atomic E-state index is 0.0291. The molecule has 0 saturated carbocycles. The Morgan fingerprint density at radius 3 is 0.963 bits per heavy atom. The van der Waals surface area contributed by atoms with Crippen molar-refractivity contribution in [2.75, 3.05) is 0 Å². The van der Waals surface area contributed by atoms with Gasteiger partial charge in [0.05, 0.1) is 0 Å². The molecule has 3 unspecified atom stereocenters. The van der Waals surface area contributed by atoms with Crippen molar-refractivity contribution in [2.45, 2.75) is 79.9 Å². The van der Waals surface area contributed by atoms with Crippen LogP contribution < -0.4 is 0 Å². The van der Waals surface area contributed by atoms with Crippen molar-refractivity contribution in [1.82, 2.24) is 0 Å². The summed E-state index contributed by atoms with van der Waals surface area (Å²) in [6.07, 6.45) is -4.79. The third-order valence-corrected chi connectivity index (χ3v) is 3.41. The van der Waals surface area contributed by atoms with Gasteiger partial charge in [-0.15, -0.1) is 0 Å². The van der Waals surface area contributed by atoms with Crippen LogP contribution in [0.5, 0.6) is 0 Å². The van der Waals surface area contributed by atoms with Gasteiger partial charge in [-0.25, -0.2) is 13.2 Å². The number of hydrogen-bond donors (Lipinski definition) is 0. The highest BCUT2D eigenvalue weighted by Gasteiger charge is 2.49. The van der Waals surface area contributed by atoms with E-state index in [1.54, 1.807) is 0 Å². The van der Waals surface area contributed by atoms with Gasteiger partial charge in [0, 0.05) is 19.3 Å². The zero-order valence-corrected chi connectivity index (χ0v) is 16.9. The lowest BCUT2D eigenvalue weighted by molar-refractivity contribution is -0.0515. The summed E-state index contributed by atoms with van der Waals surface area (Å²) in [7, 11) is -4.75. The lowest BCUT2D eigenvalue weighted by atomic mass is 9.96. The Balaban J connectivity index is 2.67. The molecule has 0 spiro atoms. The predicted molar refractivity (Wildman–Crippen MR) is 96.8 cm³/mol. The van der Waals surface area contributed by atoms with Crippen LogP contribution in [0.2, 0.25) is 0 Å². The van der Waals surface area contributed by atoms with E-state index in [9.17, 15) is 13.2 Å². The highest BCUT2D eigenvalue weighted by Crippen LogP contribution is 2.21. The van der Waals surface area contributed by atoms with Crippen molar-refractivity contribution in [3.05, 3.63) is 0 Å². The van der Waals surface area contributed by atoms with E-state index in [1.165, 1.54) is 0 Å². The summed E-state index contributed by atoms with van der Waals surface area (Å²) in [6.45, 7) is 10.9. The van der Waals surface area contributed by atoms with Crippen LogP contribution in [0.1, 0.15) is 60.8 Å². The predicted octanol–water partition coefficient (Wildman–Crippen LogP) is 4.08. The van der Waals surface area contributed by atoms with Gasteiger partial charge < -0.3 is 27.7 Å². The van der Waals surface area contributed by atoms with Crippen LogP contribution in [0.25, 0.3) is 0 Å². The van der Waals surface area contributed by atoms with Crippen molar-refractivity contribution < 1.29 is 40.8 Å². The fourth-order valence-corrected chi connectivity index (χ4v) is 2.20. The maximum atomic E-state index is 13.9. The zero-order valence-electron chi connectivity index (χ0n) is 16.9. The maximum Gasteiger partial charge on any atom is 0.617 e. The van der Waals surface area contributed by atoms with Gasteiger partial charge in [-0.3, -0.25) is 0 Å². The molecule has 0 aromatic rings. The number of rotatable bonds is 12. The van der Waals surface area contributed by atoms with Gasteiger partial charge in [-0.1, -0.05) is 41.5 Å². The molecule has 0 aliphatic carbocycles. The van der Waals surface area contributed by atoms with E-state index in [0.717, 1.165) is 0 Å². The molecule has 27 heavy (non-hydrogen) atoms. The van der Waals surface area contributed by atoms with Crippen LogP contribution in [0.3, 0.4) is 0 Å². The molecule has 1 fully saturated rings. The van der Waals surface area contributed by atoms with E-state index in [1.807, 2.05) is 41.5 Å². The number of halogens is 3. The molecule has 0 radical (unpaired) electrons. The van der Waals surface area contributed by atoms with Crippen LogP contribution in [-0.4, -0.2) is 41.0 Å². The molecule has 1 rings (SSSR count). The summed E-state index contributed by atoms with van der Waals surface area (Å²) in [5.41, 5.74) is 0. The van der Waals surface area contributed by atoms with Gasteiger partial charge in [-0.05, 0) is 17.8 Å². The Bertz CT molecular complexity index is 348. The molecule has 0 aromatic carbocycles. The molecule has 0 aromatic heterocycles. The minimum atomic E-state index is -1.69. The third-order valence-electron chi connectivity index (χ3n) is 3.41. The first-order valence-electron chi connectivity index (χ1n) is 9.40. The Hall–Kier alpha value is -0.255. The first-order valence-corrected chi connectivity index (χ1v) is 9.40. The van der Waals surface area contributed by atoms with Gasteiger partial charge in [0.15, 0.2) is 19.1 Å². The first kappa shape index (κ1) is 24.8. The van der Waals surface area contributed by atoms with Crippen LogP contribution >= 0.6 is 0 Å². The van der Waals surface area contributed by atoms with Crippen molar-refractivity contribution in [3.8, 4) is 0 Å². The summed E-state index contributed by atoms with van der Waals surface area (Å²) >= 11 is 0. The smallest absolute Gasteiger partial charge is 0.400 e. The molecule has 0 amide bonds. The van der Waals surface area contributed by atoms with Crippen molar-refractivity contribution >= 4 is 22.0 Å². The van der Waals surface area contributed by atoms with Gasteiger partial charge >= 0.3 is 22.0 Å². The van der Waals surface area contributed by atoms with E-state index in [2.05, 4.69) is 0 Å². The fourth-order valence-electron chi connectivity index (χ4n) is 2.20. The fraction of sp³-hybridized carbons (Fsp3) is 1.00. The van der Waals surface area contributed by atoms with E-state index >= 15 is 0 Å². The molecule has 1 saturated heterocycles. The molecule has 1 aliphatic heterocycles. The number of alkyl halides is 3. The Kier molecular flexibility index (Phi) is 11.3. The molecule has 6 nitrogen and oxygen atoms in total. The SMILES string of the molecule is CC(C)CC(F)OB1OB(OC(F)CC(C)C)OB(OC(F)CC(C)C)O1. The Morgan fingerprint density at radius 1 is 0.556 bits per heavy atom. The summed E-state index contributed by atoms with van der Waals surface area (Å²) in [5, 5.41) is 0. The number of hydrogen-bond acceptors (Lipinski definition) is 6. The molecule has 3 atom stereocenters. The summed E-state index contributed by atoms with van der Waals surface area (Å²) < 4.78 is 72.0. The summed E-state index contributed by atoms with van der Waals surface area (Å²) in [6, 6.07) is 0. The van der Waals surface area contributed by atoms with Crippen LogP contribution in [-0.2, 0) is 27.7 Å². The van der Waals surface area contributed by atoms with E-state index in [0.29, 0.717) is 0 Å². The average Bonchev–Trinajstić information content (AvgIpc) is 2.43. The summed E-state index contributed by atoms with van der Waals surface area (Å²) in [5.74, 6) is 0.0874. The normalized spacial score (nSPS) is 19.3. The van der Waals surface area contributed by atoms with Crippen molar-refractivity contribution in [3.63, 3.8) is 0 Å². The lowest BCUT2D eigenvalue weighted by Crippen LogP contribution is -2.54. The summed E-state index contributed by atoms with van der Waals surface area (Å²) in [4.78, 5) is 0. The molecule has 1 aliphatic rings. The second kappa shape index (κ2) is 12.3. The van der Waals surface area contributed by atoms with Crippen LogP contribution in [0.15, 0.2) is 0 Å². The van der Waals surface area contributed by atoms with E-state index in [4.69, 9.17) is 27.7 Å². The Labute approximate surface area is 161 Å². The highest BCUT2D eigenvalue weighted by molar-refractivity contribution is 6.66. The van der Waals surface area contributed by atoms with Gasteiger partial charge in [0.2, 0.25) is 0 Å². The minimum Gasteiger partial charge on any atom is -0.400 e. The Morgan fingerprint density at radius 2 is 0.778 bits per heavy atom.